The summed E-state index contributed by atoms with van der Waals surface area (Å²) in [6.07, 6.45) is 2.83. The Kier molecular flexibility index (Phi) is 8.93. The zero-order valence-corrected chi connectivity index (χ0v) is 21.7. The van der Waals surface area contributed by atoms with E-state index in [2.05, 4.69) is 19.2 Å². The lowest BCUT2D eigenvalue weighted by molar-refractivity contribution is -0.141. The van der Waals surface area contributed by atoms with Gasteiger partial charge in [-0.1, -0.05) is 55.2 Å². The monoisotopic (exact) mass is 524 g/mol. The minimum atomic E-state index is -1.06. The van der Waals surface area contributed by atoms with Crippen LogP contribution in [-0.2, 0) is 28.4 Å². The van der Waals surface area contributed by atoms with Crippen LogP contribution in [0.4, 0.5) is 5.13 Å². The summed E-state index contributed by atoms with van der Waals surface area (Å²) in [4.78, 5) is 18.5. The van der Waals surface area contributed by atoms with Gasteiger partial charge in [-0.25, -0.2) is 4.98 Å². The van der Waals surface area contributed by atoms with Gasteiger partial charge >= 0.3 is 5.97 Å². The standard InChI is InChI=1S/C24H26Cl2N2O3S2/c1-14(2)10-21-22(16-6-9-19(25)20(26)12-16)28-24(32-21)27-13-17(23(29)30)11-15-4-7-18(8-5-15)33(3)31/h4-9,12,14,17H,10-11,13H2,1-3H3,(H,27,28)(H,29,30). The first-order valence-corrected chi connectivity index (χ1v) is 13.6. The summed E-state index contributed by atoms with van der Waals surface area (Å²) in [5.41, 5.74) is 2.60. The van der Waals surface area contributed by atoms with E-state index in [1.54, 1.807) is 30.5 Å². The smallest absolute Gasteiger partial charge is 0.308 e. The molecule has 0 aliphatic carbocycles. The topological polar surface area (TPSA) is 79.3 Å². The highest BCUT2D eigenvalue weighted by Crippen LogP contribution is 2.35. The van der Waals surface area contributed by atoms with E-state index in [9.17, 15) is 14.1 Å². The Labute approximate surface area is 210 Å². The number of hydrogen-bond donors (Lipinski definition) is 2. The highest BCUT2D eigenvalue weighted by atomic mass is 35.5. The molecule has 9 heteroatoms. The third kappa shape index (κ3) is 7.03. The van der Waals surface area contributed by atoms with Crippen LogP contribution in [0.15, 0.2) is 47.4 Å². The van der Waals surface area contributed by atoms with Gasteiger partial charge in [0.25, 0.3) is 0 Å². The van der Waals surface area contributed by atoms with E-state index in [-0.39, 0.29) is 6.54 Å². The Morgan fingerprint density at radius 3 is 2.39 bits per heavy atom. The average Bonchev–Trinajstić information content (AvgIpc) is 3.15. The van der Waals surface area contributed by atoms with Gasteiger partial charge in [-0.05, 0) is 48.6 Å². The normalized spacial score (nSPS) is 13.2. The second-order valence-electron chi connectivity index (χ2n) is 8.24. The number of carbonyl (C=O) groups is 1. The molecular weight excluding hydrogens is 499 g/mol. The number of carboxylic acids is 1. The number of hydrogen-bond acceptors (Lipinski definition) is 5. The summed E-state index contributed by atoms with van der Waals surface area (Å²) in [6, 6.07) is 12.7. The number of rotatable bonds is 10. The van der Waals surface area contributed by atoms with Gasteiger partial charge in [0, 0.05) is 38.9 Å². The van der Waals surface area contributed by atoms with E-state index in [0.717, 1.165) is 33.0 Å². The van der Waals surface area contributed by atoms with Crippen molar-refractivity contribution >= 4 is 56.4 Å². The van der Waals surface area contributed by atoms with E-state index in [1.807, 2.05) is 18.2 Å². The Bertz CT molecular complexity index is 1150. The molecule has 0 aliphatic rings. The van der Waals surface area contributed by atoms with Crippen molar-refractivity contribution in [2.75, 3.05) is 18.1 Å². The molecule has 33 heavy (non-hydrogen) atoms. The highest BCUT2D eigenvalue weighted by molar-refractivity contribution is 7.84. The third-order valence-electron chi connectivity index (χ3n) is 5.07. The van der Waals surface area contributed by atoms with Crippen molar-refractivity contribution in [3.05, 3.63) is 63.0 Å². The fourth-order valence-corrected chi connectivity index (χ4v) is 5.38. The molecule has 0 saturated carbocycles. The molecule has 176 valence electrons. The average molecular weight is 526 g/mol. The summed E-state index contributed by atoms with van der Waals surface area (Å²) < 4.78 is 11.6. The summed E-state index contributed by atoms with van der Waals surface area (Å²) >= 11 is 13.8. The molecule has 0 fully saturated rings. The van der Waals surface area contributed by atoms with Gasteiger partial charge in [-0.2, -0.15) is 0 Å². The van der Waals surface area contributed by atoms with Gasteiger partial charge in [0.2, 0.25) is 0 Å². The van der Waals surface area contributed by atoms with Gasteiger partial charge in [0.05, 0.1) is 21.7 Å². The summed E-state index contributed by atoms with van der Waals surface area (Å²) in [5, 5.41) is 14.6. The van der Waals surface area contributed by atoms with Crippen molar-refractivity contribution < 1.29 is 14.1 Å². The maximum atomic E-state index is 11.9. The molecule has 2 N–H and O–H groups in total. The number of aliphatic carboxylic acids is 1. The van der Waals surface area contributed by atoms with Crippen molar-refractivity contribution in [3.63, 3.8) is 0 Å². The zero-order chi connectivity index (χ0) is 24.1. The number of nitrogens with zero attached hydrogens (tertiary/aromatic N) is 1. The number of thiazole rings is 1. The molecular formula is C24H26Cl2N2O3S2. The minimum absolute atomic E-state index is 0.242. The van der Waals surface area contributed by atoms with E-state index >= 15 is 0 Å². The predicted octanol–water partition coefficient (Wildman–Crippen LogP) is 6.41. The fourth-order valence-electron chi connectivity index (χ4n) is 3.36. The first-order valence-electron chi connectivity index (χ1n) is 10.5. The number of benzene rings is 2. The third-order valence-corrected chi connectivity index (χ3v) is 7.78. The van der Waals surface area contributed by atoms with Crippen LogP contribution < -0.4 is 5.32 Å². The van der Waals surface area contributed by atoms with Crippen molar-refractivity contribution in [1.29, 1.82) is 0 Å². The Balaban J connectivity index is 1.77. The first kappa shape index (κ1) is 25.7. The van der Waals surface area contributed by atoms with Crippen LogP contribution in [0.2, 0.25) is 10.0 Å². The zero-order valence-electron chi connectivity index (χ0n) is 18.6. The van der Waals surface area contributed by atoms with Gasteiger partial charge in [-0.3, -0.25) is 9.00 Å². The SMILES string of the molecule is CC(C)Cc1sc(NCC(Cc2ccc(S(C)=O)cc2)C(=O)O)nc1-c1ccc(Cl)c(Cl)c1. The number of carboxylic acid groups (broad SMARTS) is 1. The summed E-state index contributed by atoms with van der Waals surface area (Å²) in [5.74, 6) is -1.07. The molecule has 1 heterocycles. The quantitative estimate of drug-likeness (QED) is 0.320. The highest BCUT2D eigenvalue weighted by Gasteiger charge is 2.20. The van der Waals surface area contributed by atoms with Crippen LogP contribution >= 0.6 is 34.5 Å². The number of nitrogens with one attached hydrogen (secondary N) is 1. The van der Waals surface area contributed by atoms with Crippen molar-refractivity contribution in [2.24, 2.45) is 11.8 Å². The lowest BCUT2D eigenvalue weighted by Gasteiger charge is -2.13. The van der Waals surface area contributed by atoms with Crippen LogP contribution in [0.1, 0.15) is 24.3 Å². The minimum Gasteiger partial charge on any atom is -0.481 e. The summed E-state index contributed by atoms with van der Waals surface area (Å²) in [7, 11) is -1.06. The van der Waals surface area contributed by atoms with Crippen LogP contribution in [0, 0.1) is 11.8 Å². The van der Waals surface area contributed by atoms with Crippen molar-refractivity contribution in [3.8, 4) is 11.3 Å². The maximum absolute atomic E-state index is 11.9. The molecule has 5 nitrogen and oxygen atoms in total. The Hall–Kier alpha value is -1.93. The van der Waals surface area contributed by atoms with Gasteiger partial charge < -0.3 is 10.4 Å². The van der Waals surface area contributed by atoms with Gasteiger partial charge in [0.1, 0.15) is 0 Å². The molecule has 0 bridgehead atoms. The number of aromatic nitrogens is 1. The molecule has 0 aliphatic heterocycles. The molecule has 2 unspecified atom stereocenters. The van der Waals surface area contributed by atoms with E-state index in [4.69, 9.17) is 28.2 Å². The number of halogens is 2. The second-order valence-corrected chi connectivity index (χ2v) is 11.5. The fraction of sp³-hybridized carbons (Fsp3) is 0.333. The number of anilines is 1. The van der Waals surface area contributed by atoms with E-state index in [1.165, 1.54) is 11.3 Å². The second kappa shape index (κ2) is 11.5. The van der Waals surface area contributed by atoms with Crippen molar-refractivity contribution in [2.45, 2.75) is 31.6 Å². The molecule has 2 atom stereocenters. The predicted molar refractivity (Wildman–Crippen MR) is 138 cm³/mol. The molecule has 1 aromatic heterocycles. The first-order chi connectivity index (χ1) is 15.6. The van der Waals surface area contributed by atoms with Crippen LogP contribution in [0.5, 0.6) is 0 Å². The Morgan fingerprint density at radius 1 is 1.12 bits per heavy atom. The summed E-state index contributed by atoms with van der Waals surface area (Å²) in [6.45, 7) is 4.53. The van der Waals surface area contributed by atoms with Crippen LogP contribution in [0.3, 0.4) is 0 Å². The maximum Gasteiger partial charge on any atom is 0.308 e. The van der Waals surface area contributed by atoms with Gasteiger partial charge in [0.15, 0.2) is 5.13 Å². The molecule has 3 aromatic rings. The van der Waals surface area contributed by atoms with E-state index in [0.29, 0.717) is 27.5 Å². The van der Waals surface area contributed by atoms with Gasteiger partial charge in [-0.15, -0.1) is 11.3 Å². The molecule has 2 aromatic carbocycles. The van der Waals surface area contributed by atoms with Crippen molar-refractivity contribution in [1.82, 2.24) is 4.98 Å². The molecule has 0 amide bonds. The Morgan fingerprint density at radius 2 is 1.82 bits per heavy atom. The molecule has 3 rings (SSSR count). The molecule has 0 saturated heterocycles. The molecule has 0 spiro atoms. The van der Waals surface area contributed by atoms with E-state index < -0.39 is 22.7 Å². The molecule has 0 radical (unpaired) electrons. The lowest BCUT2D eigenvalue weighted by atomic mass is 9.99. The van der Waals surface area contributed by atoms with Crippen LogP contribution in [0.25, 0.3) is 11.3 Å². The lowest BCUT2D eigenvalue weighted by Crippen LogP contribution is -2.25. The van der Waals surface area contributed by atoms with Crippen LogP contribution in [-0.4, -0.2) is 33.1 Å². The largest absolute Gasteiger partial charge is 0.481 e.